The highest BCUT2D eigenvalue weighted by Crippen LogP contribution is 2.65. The number of amides is 1. The smallest absolute Gasteiger partial charge is 0.416 e. The summed E-state index contributed by atoms with van der Waals surface area (Å²) in [6.07, 6.45) is 5.62. The molecule has 1 amide bonds. The van der Waals surface area contributed by atoms with Crippen LogP contribution in [0, 0.1) is 5.92 Å². The van der Waals surface area contributed by atoms with Gasteiger partial charge in [-0.15, -0.1) is 6.58 Å². The fourth-order valence-electron chi connectivity index (χ4n) is 5.10. The van der Waals surface area contributed by atoms with Crippen molar-refractivity contribution < 1.29 is 14.3 Å². The SMILES string of the molecule is C=C[C@@H]1CCC[C@]23OCC[C@]12c1ccccc1N3C(=O)OC. The highest BCUT2D eigenvalue weighted by atomic mass is 16.6. The monoisotopic (exact) mass is 299 g/mol. The van der Waals surface area contributed by atoms with Gasteiger partial charge in [0.25, 0.3) is 0 Å². The second-order valence-electron chi connectivity index (χ2n) is 6.41. The molecule has 1 aliphatic carbocycles. The van der Waals surface area contributed by atoms with Gasteiger partial charge in [0.15, 0.2) is 5.72 Å². The van der Waals surface area contributed by atoms with Gasteiger partial charge < -0.3 is 9.47 Å². The summed E-state index contributed by atoms with van der Waals surface area (Å²) >= 11 is 0. The van der Waals surface area contributed by atoms with Gasteiger partial charge in [0, 0.05) is 0 Å². The van der Waals surface area contributed by atoms with E-state index in [0.717, 1.165) is 31.4 Å². The third kappa shape index (κ3) is 1.35. The first-order valence-corrected chi connectivity index (χ1v) is 7.95. The highest BCUT2D eigenvalue weighted by Gasteiger charge is 2.70. The van der Waals surface area contributed by atoms with Crippen molar-refractivity contribution in [1.82, 2.24) is 0 Å². The Bertz CT molecular complexity index is 643. The molecule has 1 saturated heterocycles. The molecule has 3 atom stereocenters. The Hall–Kier alpha value is -1.81. The topological polar surface area (TPSA) is 38.8 Å². The number of hydrogen-bond acceptors (Lipinski definition) is 3. The van der Waals surface area contributed by atoms with E-state index in [9.17, 15) is 4.79 Å². The number of carbonyl (C=O) groups is 1. The van der Waals surface area contributed by atoms with Crippen molar-refractivity contribution in [3.8, 4) is 0 Å². The molecular weight excluding hydrogens is 278 g/mol. The minimum atomic E-state index is -0.610. The van der Waals surface area contributed by atoms with Crippen LogP contribution < -0.4 is 4.90 Å². The molecule has 1 aromatic rings. The van der Waals surface area contributed by atoms with Gasteiger partial charge in [-0.25, -0.2) is 9.69 Å². The van der Waals surface area contributed by atoms with Crippen LogP contribution in [0.15, 0.2) is 36.9 Å². The van der Waals surface area contributed by atoms with Crippen LogP contribution >= 0.6 is 0 Å². The van der Waals surface area contributed by atoms with Crippen molar-refractivity contribution in [3.63, 3.8) is 0 Å². The zero-order chi connectivity index (χ0) is 15.4. The van der Waals surface area contributed by atoms with Crippen molar-refractivity contribution in [2.24, 2.45) is 5.92 Å². The summed E-state index contributed by atoms with van der Waals surface area (Å²) in [4.78, 5) is 14.3. The largest absolute Gasteiger partial charge is 0.452 e. The molecule has 116 valence electrons. The highest BCUT2D eigenvalue weighted by molar-refractivity contribution is 5.94. The number of carbonyl (C=O) groups excluding carboxylic acids is 1. The number of rotatable bonds is 1. The first kappa shape index (κ1) is 13.8. The van der Waals surface area contributed by atoms with E-state index in [-0.39, 0.29) is 11.5 Å². The van der Waals surface area contributed by atoms with E-state index >= 15 is 0 Å². The molecule has 0 aromatic heterocycles. The van der Waals surface area contributed by atoms with Crippen LogP contribution in [-0.4, -0.2) is 25.5 Å². The van der Waals surface area contributed by atoms with E-state index in [1.165, 1.54) is 12.7 Å². The van der Waals surface area contributed by atoms with Crippen molar-refractivity contribution in [2.45, 2.75) is 36.8 Å². The number of nitrogens with zero attached hydrogens (tertiary/aromatic N) is 1. The maximum atomic E-state index is 12.6. The van der Waals surface area contributed by atoms with E-state index < -0.39 is 5.72 Å². The molecule has 0 radical (unpaired) electrons. The number of para-hydroxylation sites is 1. The molecule has 4 heteroatoms. The van der Waals surface area contributed by atoms with Gasteiger partial charge in [-0.2, -0.15) is 0 Å². The van der Waals surface area contributed by atoms with E-state index in [4.69, 9.17) is 9.47 Å². The summed E-state index contributed by atoms with van der Waals surface area (Å²) in [6.45, 7) is 4.74. The molecule has 3 aliphatic rings. The molecule has 0 bridgehead atoms. The molecule has 4 rings (SSSR count). The van der Waals surface area contributed by atoms with Crippen LogP contribution in [0.25, 0.3) is 0 Å². The summed E-state index contributed by atoms with van der Waals surface area (Å²) in [5, 5.41) is 0. The molecule has 0 unspecified atom stereocenters. The van der Waals surface area contributed by atoms with E-state index in [1.54, 1.807) is 4.90 Å². The number of fused-ring (bicyclic) bond motifs is 1. The summed E-state index contributed by atoms with van der Waals surface area (Å²) < 4.78 is 11.4. The third-order valence-corrected chi connectivity index (χ3v) is 5.83. The number of benzene rings is 1. The molecule has 0 N–H and O–H groups in total. The van der Waals surface area contributed by atoms with Gasteiger partial charge in [0.1, 0.15) is 0 Å². The van der Waals surface area contributed by atoms with Gasteiger partial charge in [0.05, 0.1) is 24.8 Å². The number of hydrogen-bond donors (Lipinski definition) is 0. The normalized spacial score (nSPS) is 35.5. The average Bonchev–Trinajstić information content (AvgIpc) is 3.05. The molecule has 0 spiro atoms. The fourth-order valence-corrected chi connectivity index (χ4v) is 5.10. The minimum absolute atomic E-state index is 0.183. The molecule has 1 aromatic carbocycles. The zero-order valence-corrected chi connectivity index (χ0v) is 12.9. The minimum Gasteiger partial charge on any atom is -0.452 e. The average molecular weight is 299 g/mol. The Morgan fingerprint density at radius 2 is 2.27 bits per heavy atom. The summed E-state index contributed by atoms with van der Waals surface area (Å²) in [5.74, 6) is 0.319. The van der Waals surface area contributed by atoms with E-state index in [2.05, 4.69) is 18.7 Å². The van der Waals surface area contributed by atoms with E-state index in [0.29, 0.717) is 12.5 Å². The first-order chi connectivity index (χ1) is 10.7. The quantitative estimate of drug-likeness (QED) is 0.744. The van der Waals surface area contributed by atoms with Gasteiger partial charge in [-0.1, -0.05) is 24.3 Å². The van der Waals surface area contributed by atoms with Crippen molar-refractivity contribution >= 4 is 11.8 Å². The van der Waals surface area contributed by atoms with Gasteiger partial charge in [-0.3, -0.25) is 0 Å². The predicted molar refractivity (Wildman–Crippen MR) is 83.8 cm³/mol. The number of anilines is 1. The predicted octanol–water partition coefficient (Wildman–Crippen LogP) is 3.61. The molecule has 2 fully saturated rings. The summed E-state index contributed by atoms with van der Waals surface area (Å²) in [7, 11) is 1.43. The Morgan fingerprint density at radius 3 is 3.05 bits per heavy atom. The number of ether oxygens (including phenoxy) is 2. The van der Waals surface area contributed by atoms with Crippen LogP contribution in [0.4, 0.5) is 10.5 Å². The fraction of sp³-hybridized carbons (Fsp3) is 0.500. The van der Waals surface area contributed by atoms with Crippen LogP contribution in [0.2, 0.25) is 0 Å². The zero-order valence-electron chi connectivity index (χ0n) is 12.9. The molecule has 4 nitrogen and oxygen atoms in total. The molecular formula is C18H21NO3. The Morgan fingerprint density at radius 1 is 1.45 bits per heavy atom. The lowest BCUT2D eigenvalue weighted by molar-refractivity contribution is -0.0617. The van der Waals surface area contributed by atoms with Crippen LogP contribution in [0.5, 0.6) is 0 Å². The number of methoxy groups -OCH3 is 1. The second-order valence-corrected chi connectivity index (χ2v) is 6.41. The van der Waals surface area contributed by atoms with Gasteiger partial charge >= 0.3 is 6.09 Å². The first-order valence-electron chi connectivity index (χ1n) is 7.95. The Balaban J connectivity index is 2.01. The number of allylic oxidation sites excluding steroid dienone is 1. The summed E-state index contributed by atoms with van der Waals surface area (Å²) in [6, 6.07) is 8.16. The lowest BCUT2D eigenvalue weighted by Crippen LogP contribution is -2.62. The lowest BCUT2D eigenvalue weighted by Gasteiger charge is -2.50. The lowest BCUT2D eigenvalue weighted by atomic mass is 9.59. The van der Waals surface area contributed by atoms with Crippen molar-refractivity contribution in [1.29, 1.82) is 0 Å². The van der Waals surface area contributed by atoms with Crippen molar-refractivity contribution in [3.05, 3.63) is 42.5 Å². The van der Waals surface area contributed by atoms with Gasteiger partial charge in [0.2, 0.25) is 0 Å². The molecule has 1 saturated carbocycles. The van der Waals surface area contributed by atoms with E-state index in [1.807, 2.05) is 18.2 Å². The van der Waals surface area contributed by atoms with Crippen molar-refractivity contribution in [2.75, 3.05) is 18.6 Å². The van der Waals surface area contributed by atoms with Gasteiger partial charge in [-0.05, 0) is 43.2 Å². The van der Waals surface area contributed by atoms with Crippen LogP contribution in [-0.2, 0) is 14.9 Å². The van der Waals surface area contributed by atoms with Crippen LogP contribution in [0.1, 0.15) is 31.2 Å². The molecule has 2 aliphatic heterocycles. The molecule has 2 heterocycles. The summed E-state index contributed by atoms with van der Waals surface area (Å²) in [5.41, 5.74) is 1.35. The second kappa shape index (κ2) is 4.59. The Kier molecular flexibility index (Phi) is 2.89. The standard InChI is InChI=1S/C18H21NO3/c1-3-13-7-6-10-18-17(13,11-12-22-18)14-8-4-5-9-15(14)19(18)16(20)21-2/h3-5,8-9,13H,1,6-7,10-12H2,2H3/t13-,17-,18+/m1/s1. The third-order valence-electron chi connectivity index (χ3n) is 5.83. The maximum Gasteiger partial charge on any atom is 0.416 e. The van der Waals surface area contributed by atoms with Crippen LogP contribution in [0.3, 0.4) is 0 Å². The maximum absolute atomic E-state index is 12.6. The Labute approximate surface area is 130 Å². The molecule has 22 heavy (non-hydrogen) atoms.